The van der Waals surface area contributed by atoms with Gasteiger partial charge in [-0.3, -0.25) is 4.79 Å². The number of aryl methyl sites for hydroxylation is 1. The van der Waals surface area contributed by atoms with E-state index in [0.29, 0.717) is 11.5 Å². The fourth-order valence-electron chi connectivity index (χ4n) is 4.05. The molecule has 0 bridgehead atoms. The summed E-state index contributed by atoms with van der Waals surface area (Å²) in [5, 5.41) is 3.63. The Morgan fingerprint density at radius 2 is 2.21 bits per heavy atom. The van der Waals surface area contributed by atoms with E-state index >= 15 is 0 Å². The third kappa shape index (κ3) is 3.36. The number of ether oxygens (including phenoxy) is 2. The fraction of sp³-hybridized carbons (Fsp3) is 0.632. The van der Waals surface area contributed by atoms with Crippen LogP contribution in [0.3, 0.4) is 0 Å². The number of carbonyl (C=O) groups excluding carboxylic acids is 1. The minimum Gasteiger partial charge on any atom is -0.493 e. The van der Waals surface area contributed by atoms with Gasteiger partial charge in [-0.25, -0.2) is 0 Å². The number of rotatable bonds is 4. The van der Waals surface area contributed by atoms with Crippen molar-refractivity contribution in [3.05, 3.63) is 23.8 Å². The van der Waals surface area contributed by atoms with Crippen LogP contribution in [0, 0.1) is 6.92 Å². The van der Waals surface area contributed by atoms with E-state index in [-0.39, 0.29) is 24.1 Å². The maximum atomic E-state index is 12.8. The number of hydrogen-bond donors (Lipinski definition) is 1. The van der Waals surface area contributed by atoms with Crippen LogP contribution in [0.2, 0.25) is 0 Å². The second-order valence-corrected chi connectivity index (χ2v) is 7.14. The van der Waals surface area contributed by atoms with Crippen molar-refractivity contribution in [3.63, 3.8) is 0 Å². The van der Waals surface area contributed by atoms with E-state index in [1.54, 1.807) is 7.11 Å². The van der Waals surface area contributed by atoms with Gasteiger partial charge in [0.1, 0.15) is 0 Å². The van der Waals surface area contributed by atoms with E-state index in [2.05, 4.69) is 12.2 Å². The SMILES string of the molecule is COc1cc(C)ccc1OCC(=O)N1CCC[C@]2(C)NCCC[C@@H]12. The summed E-state index contributed by atoms with van der Waals surface area (Å²) in [6, 6.07) is 6.02. The molecule has 0 unspecified atom stereocenters. The molecule has 1 N–H and O–H groups in total. The first kappa shape index (κ1) is 17.1. The molecule has 2 atom stereocenters. The van der Waals surface area contributed by atoms with Crippen LogP contribution in [0.4, 0.5) is 0 Å². The lowest BCUT2D eigenvalue weighted by atomic mass is 9.78. The fourth-order valence-corrected chi connectivity index (χ4v) is 4.05. The molecule has 5 heteroatoms. The van der Waals surface area contributed by atoms with Crippen LogP contribution in [0.5, 0.6) is 11.5 Å². The summed E-state index contributed by atoms with van der Waals surface area (Å²) in [6.45, 7) is 6.19. The van der Waals surface area contributed by atoms with Gasteiger partial charge < -0.3 is 19.7 Å². The zero-order valence-electron chi connectivity index (χ0n) is 14.9. The highest BCUT2D eigenvalue weighted by Gasteiger charge is 2.44. The number of fused-ring (bicyclic) bond motifs is 1. The third-order valence-corrected chi connectivity index (χ3v) is 5.38. The summed E-state index contributed by atoms with van der Waals surface area (Å²) in [5.41, 5.74) is 1.15. The van der Waals surface area contributed by atoms with Crippen LogP contribution in [-0.2, 0) is 4.79 Å². The largest absolute Gasteiger partial charge is 0.493 e. The number of amides is 1. The molecule has 2 fully saturated rings. The number of likely N-dealkylation sites (tertiary alicyclic amines) is 1. The lowest BCUT2D eigenvalue weighted by Gasteiger charge is -2.51. The molecule has 0 spiro atoms. The van der Waals surface area contributed by atoms with Crippen LogP contribution in [0.1, 0.15) is 38.2 Å². The number of nitrogens with one attached hydrogen (secondary N) is 1. The molecular formula is C19H28N2O3. The number of piperidine rings is 2. The Kier molecular flexibility index (Phi) is 4.99. The molecule has 3 rings (SSSR count). The van der Waals surface area contributed by atoms with Crippen molar-refractivity contribution in [1.82, 2.24) is 10.2 Å². The summed E-state index contributed by atoms with van der Waals surface area (Å²) in [5.74, 6) is 1.36. The van der Waals surface area contributed by atoms with Gasteiger partial charge in [-0.1, -0.05) is 6.07 Å². The molecule has 0 aliphatic carbocycles. The molecule has 1 aromatic carbocycles. The van der Waals surface area contributed by atoms with E-state index in [4.69, 9.17) is 9.47 Å². The van der Waals surface area contributed by atoms with Gasteiger partial charge in [0.05, 0.1) is 7.11 Å². The normalized spacial score (nSPS) is 26.6. The monoisotopic (exact) mass is 332 g/mol. The maximum Gasteiger partial charge on any atom is 0.260 e. The number of benzene rings is 1. The Morgan fingerprint density at radius 3 is 3.00 bits per heavy atom. The molecule has 5 nitrogen and oxygen atoms in total. The van der Waals surface area contributed by atoms with Gasteiger partial charge in [0.25, 0.3) is 5.91 Å². The number of methoxy groups -OCH3 is 1. The van der Waals surface area contributed by atoms with Crippen LogP contribution in [-0.4, -0.2) is 49.2 Å². The first-order chi connectivity index (χ1) is 11.5. The first-order valence-corrected chi connectivity index (χ1v) is 8.85. The maximum absolute atomic E-state index is 12.8. The molecule has 24 heavy (non-hydrogen) atoms. The summed E-state index contributed by atoms with van der Waals surface area (Å²) in [4.78, 5) is 14.8. The van der Waals surface area contributed by atoms with E-state index in [0.717, 1.165) is 44.3 Å². The Hall–Kier alpha value is -1.75. The van der Waals surface area contributed by atoms with E-state index in [1.807, 2.05) is 30.0 Å². The third-order valence-electron chi connectivity index (χ3n) is 5.38. The van der Waals surface area contributed by atoms with Crippen LogP contribution in [0.25, 0.3) is 0 Å². The van der Waals surface area contributed by atoms with Gasteiger partial charge in [-0.15, -0.1) is 0 Å². The minimum absolute atomic E-state index is 0.0493. The van der Waals surface area contributed by atoms with Gasteiger partial charge in [0.2, 0.25) is 0 Å². The second-order valence-electron chi connectivity index (χ2n) is 7.14. The van der Waals surface area contributed by atoms with Gasteiger partial charge in [-0.05, 0) is 63.8 Å². The van der Waals surface area contributed by atoms with E-state index in [9.17, 15) is 4.79 Å². The molecule has 2 aliphatic heterocycles. The van der Waals surface area contributed by atoms with Crippen molar-refractivity contribution >= 4 is 5.91 Å². The molecular weight excluding hydrogens is 304 g/mol. The Bertz CT molecular complexity index is 600. The standard InChI is InChI=1S/C19H28N2O3/c1-14-7-8-15(16(12-14)23-3)24-13-18(22)21-11-5-9-19(2)17(21)6-4-10-20-19/h7-8,12,17,20H,4-6,9-11,13H2,1-3H3/t17-,19+/m1/s1. The Balaban J connectivity index is 1.66. The van der Waals surface area contributed by atoms with Crippen molar-refractivity contribution in [1.29, 1.82) is 0 Å². The van der Waals surface area contributed by atoms with E-state index in [1.165, 1.54) is 0 Å². The lowest BCUT2D eigenvalue weighted by molar-refractivity contribution is -0.140. The average molecular weight is 332 g/mol. The molecule has 2 heterocycles. The quantitative estimate of drug-likeness (QED) is 0.920. The highest BCUT2D eigenvalue weighted by molar-refractivity contribution is 5.78. The molecule has 132 valence electrons. The number of hydrogen-bond acceptors (Lipinski definition) is 4. The summed E-state index contributed by atoms with van der Waals surface area (Å²) >= 11 is 0. The molecule has 0 radical (unpaired) electrons. The van der Waals surface area contributed by atoms with Gasteiger partial charge in [0.15, 0.2) is 18.1 Å². The molecule has 1 aromatic rings. The van der Waals surface area contributed by atoms with Crippen molar-refractivity contribution < 1.29 is 14.3 Å². The van der Waals surface area contributed by atoms with Crippen molar-refractivity contribution in [2.45, 2.75) is 51.1 Å². The van der Waals surface area contributed by atoms with Gasteiger partial charge in [-0.2, -0.15) is 0 Å². The highest BCUT2D eigenvalue weighted by Crippen LogP contribution is 2.33. The van der Waals surface area contributed by atoms with Crippen LogP contribution in [0.15, 0.2) is 18.2 Å². The lowest BCUT2D eigenvalue weighted by Crippen LogP contribution is -2.66. The average Bonchev–Trinajstić information content (AvgIpc) is 2.59. The first-order valence-electron chi connectivity index (χ1n) is 8.85. The zero-order valence-corrected chi connectivity index (χ0v) is 14.9. The molecule has 0 aromatic heterocycles. The zero-order chi connectivity index (χ0) is 17.2. The number of nitrogens with zero attached hydrogens (tertiary/aromatic N) is 1. The van der Waals surface area contributed by atoms with Crippen molar-refractivity contribution in [2.75, 3.05) is 26.8 Å². The predicted octanol–water partition coefficient (Wildman–Crippen LogP) is 2.52. The topological polar surface area (TPSA) is 50.8 Å². The van der Waals surface area contributed by atoms with Crippen LogP contribution < -0.4 is 14.8 Å². The summed E-state index contributed by atoms with van der Waals surface area (Å²) in [7, 11) is 1.62. The summed E-state index contributed by atoms with van der Waals surface area (Å²) in [6.07, 6.45) is 4.37. The number of carbonyl (C=O) groups is 1. The van der Waals surface area contributed by atoms with Crippen molar-refractivity contribution in [3.8, 4) is 11.5 Å². The molecule has 2 saturated heterocycles. The highest BCUT2D eigenvalue weighted by atomic mass is 16.5. The second kappa shape index (κ2) is 7.01. The smallest absolute Gasteiger partial charge is 0.260 e. The predicted molar refractivity (Wildman–Crippen MR) is 93.6 cm³/mol. The Morgan fingerprint density at radius 1 is 1.38 bits per heavy atom. The van der Waals surface area contributed by atoms with Crippen molar-refractivity contribution in [2.24, 2.45) is 0 Å². The molecule has 0 saturated carbocycles. The molecule has 1 amide bonds. The van der Waals surface area contributed by atoms with Gasteiger partial charge in [0, 0.05) is 18.1 Å². The van der Waals surface area contributed by atoms with E-state index < -0.39 is 0 Å². The minimum atomic E-state index is 0.0493. The van der Waals surface area contributed by atoms with Gasteiger partial charge >= 0.3 is 0 Å². The van der Waals surface area contributed by atoms with Crippen LogP contribution >= 0.6 is 0 Å². The Labute approximate surface area is 144 Å². The molecule has 2 aliphatic rings. The summed E-state index contributed by atoms with van der Waals surface area (Å²) < 4.78 is 11.1.